The molecule has 1 aliphatic heterocycles. The number of thiophene rings is 1. The molecule has 0 bridgehead atoms. The predicted molar refractivity (Wildman–Crippen MR) is 65.0 cm³/mol. The standard InChI is InChI=1S/C12H15NO3S/c14-11(8-9-4-3-7-17-9)13-6-2-1-5-10(13)12(15)16/h3-4,7,10H,1-2,5-6,8H2,(H,15,16)/t10-/m0/s1. The second kappa shape index (κ2) is 5.31. The fraction of sp³-hybridized carbons (Fsp3) is 0.500. The highest BCUT2D eigenvalue weighted by Gasteiger charge is 2.31. The Morgan fingerprint density at radius 1 is 1.47 bits per heavy atom. The number of piperidine rings is 1. The van der Waals surface area contributed by atoms with Crippen molar-refractivity contribution in [2.24, 2.45) is 0 Å². The zero-order valence-corrected chi connectivity index (χ0v) is 10.3. The minimum atomic E-state index is -0.885. The molecule has 0 saturated carbocycles. The Hall–Kier alpha value is -1.36. The lowest BCUT2D eigenvalue weighted by Crippen LogP contribution is -2.48. The first-order chi connectivity index (χ1) is 8.18. The summed E-state index contributed by atoms with van der Waals surface area (Å²) in [6.45, 7) is 0.571. The number of amides is 1. The van der Waals surface area contributed by atoms with Gasteiger partial charge in [0.2, 0.25) is 5.91 Å². The molecule has 17 heavy (non-hydrogen) atoms. The van der Waals surface area contributed by atoms with Crippen molar-refractivity contribution >= 4 is 23.2 Å². The van der Waals surface area contributed by atoms with Crippen LogP contribution < -0.4 is 0 Å². The number of carboxylic acids is 1. The summed E-state index contributed by atoms with van der Waals surface area (Å²) in [5.74, 6) is -0.955. The predicted octanol–water partition coefficient (Wildman–Crippen LogP) is 1.76. The fourth-order valence-corrected chi connectivity index (χ4v) is 2.85. The van der Waals surface area contributed by atoms with Gasteiger partial charge in [-0.25, -0.2) is 4.79 Å². The van der Waals surface area contributed by atoms with E-state index in [-0.39, 0.29) is 5.91 Å². The fourth-order valence-electron chi connectivity index (χ4n) is 2.15. The molecule has 1 aromatic rings. The Balaban J connectivity index is 2.03. The third-order valence-corrected chi connectivity index (χ3v) is 3.89. The van der Waals surface area contributed by atoms with Gasteiger partial charge in [-0.2, -0.15) is 0 Å². The summed E-state index contributed by atoms with van der Waals surface area (Å²) in [5, 5.41) is 11.0. The van der Waals surface area contributed by atoms with E-state index >= 15 is 0 Å². The quantitative estimate of drug-likeness (QED) is 0.893. The van der Waals surface area contributed by atoms with Crippen LogP contribution in [0.25, 0.3) is 0 Å². The number of hydrogen-bond acceptors (Lipinski definition) is 3. The van der Waals surface area contributed by atoms with Gasteiger partial charge in [0.05, 0.1) is 6.42 Å². The number of hydrogen-bond donors (Lipinski definition) is 1. The van der Waals surface area contributed by atoms with E-state index in [9.17, 15) is 9.59 Å². The molecule has 0 aliphatic carbocycles. The Labute approximate surface area is 104 Å². The molecular weight excluding hydrogens is 238 g/mol. The van der Waals surface area contributed by atoms with E-state index in [4.69, 9.17) is 5.11 Å². The molecular formula is C12H15NO3S. The van der Waals surface area contributed by atoms with Gasteiger partial charge < -0.3 is 10.0 Å². The number of likely N-dealkylation sites (tertiary alicyclic amines) is 1. The highest BCUT2D eigenvalue weighted by molar-refractivity contribution is 7.10. The zero-order valence-electron chi connectivity index (χ0n) is 9.46. The summed E-state index contributed by atoms with van der Waals surface area (Å²) in [7, 11) is 0. The van der Waals surface area contributed by atoms with Gasteiger partial charge in [0.25, 0.3) is 0 Å². The van der Waals surface area contributed by atoms with Gasteiger partial charge in [0, 0.05) is 11.4 Å². The third kappa shape index (κ3) is 2.85. The summed E-state index contributed by atoms with van der Waals surface area (Å²) in [5.41, 5.74) is 0. The topological polar surface area (TPSA) is 57.6 Å². The van der Waals surface area contributed by atoms with Crippen LogP contribution in [-0.4, -0.2) is 34.5 Å². The maximum atomic E-state index is 12.0. The number of carboxylic acid groups (broad SMARTS) is 1. The van der Waals surface area contributed by atoms with Gasteiger partial charge in [-0.3, -0.25) is 4.79 Å². The maximum Gasteiger partial charge on any atom is 0.326 e. The van der Waals surface area contributed by atoms with Crippen molar-refractivity contribution in [2.45, 2.75) is 31.7 Å². The summed E-state index contributed by atoms with van der Waals surface area (Å²) in [6, 6.07) is 3.18. The van der Waals surface area contributed by atoms with Gasteiger partial charge in [-0.05, 0) is 30.7 Å². The molecule has 0 radical (unpaired) electrons. The van der Waals surface area contributed by atoms with E-state index in [0.717, 1.165) is 17.7 Å². The number of carbonyl (C=O) groups excluding carboxylic acids is 1. The lowest BCUT2D eigenvalue weighted by molar-refractivity contribution is -0.151. The second-order valence-electron chi connectivity index (χ2n) is 4.19. The van der Waals surface area contributed by atoms with E-state index in [0.29, 0.717) is 19.4 Å². The van der Waals surface area contributed by atoms with Crippen LogP contribution in [0.15, 0.2) is 17.5 Å². The van der Waals surface area contributed by atoms with Crippen LogP contribution in [0.4, 0.5) is 0 Å². The Bertz CT molecular complexity index is 402. The molecule has 2 rings (SSSR count). The number of rotatable bonds is 3. The molecule has 0 unspecified atom stereocenters. The molecule has 1 atom stereocenters. The van der Waals surface area contributed by atoms with Gasteiger partial charge >= 0.3 is 5.97 Å². The summed E-state index contributed by atoms with van der Waals surface area (Å²) >= 11 is 1.53. The van der Waals surface area contributed by atoms with E-state index in [2.05, 4.69) is 0 Å². The number of carbonyl (C=O) groups is 2. The number of aliphatic carboxylic acids is 1. The van der Waals surface area contributed by atoms with Crippen LogP contribution >= 0.6 is 11.3 Å². The largest absolute Gasteiger partial charge is 0.480 e. The van der Waals surface area contributed by atoms with Crippen molar-refractivity contribution in [1.29, 1.82) is 0 Å². The molecule has 0 aromatic carbocycles. The summed E-state index contributed by atoms with van der Waals surface area (Å²) in [4.78, 5) is 25.6. The van der Waals surface area contributed by atoms with Crippen LogP contribution in [0.5, 0.6) is 0 Å². The van der Waals surface area contributed by atoms with Crippen molar-refractivity contribution in [1.82, 2.24) is 4.90 Å². The smallest absolute Gasteiger partial charge is 0.326 e. The second-order valence-corrected chi connectivity index (χ2v) is 5.23. The highest BCUT2D eigenvalue weighted by atomic mass is 32.1. The first-order valence-electron chi connectivity index (χ1n) is 5.73. The Morgan fingerprint density at radius 2 is 2.29 bits per heavy atom. The highest BCUT2D eigenvalue weighted by Crippen LogP contribution is 2.19. The minimum absolute atomic E-state index is 0.0699. The van der Waals surface area contributed by atoms with Crippen LogP contribution in [0.3, 0.4) is 0 Å². The van der Waals surface area contributed by atoms with Crippen molar-refractivity contribution in [3.63, 3.8) is 0 Å². The van der Waals surface area contributed by atoms with Crippen molar-refractivity contribution < 1.29 is 14.7 Å². The van der Waals surface area contributed by atoms with Crippen LogP contribution in [0.2, 0.25) is 0 Å². The SMILES string of the molecule is O=C(O)[C@@H]1CCCCN1C(=O)Cc1cccs1. The first-order valence-corrected chi connectivity index (χ1v) is 6.61. The minimum Gasteiger partial charge on any atom is -0.480 e. The molecule has 1 fully saturated rings. The molecule has 1 aliphatic rings. The van der Waals surface area contributed by atoms with Crippen molar-refractivity contribution in [3.05, 3.63) is 22.4 Å². The van der Waals surface area contributed by atoms with Crippen molar-refractivity contribution in [3.8, 4) is 0 Å². The third-order valence-electron chi connectivity index (χ3n) is 3.01. The maximum absolute atomic E-state index is 12.0. The van der Waals surface area contributed by atoms with E-state index in [1.54, 1.807) is 0 Å². The van der Waals surface area contributed by atoms with E-state index in [1.807, 2.05) is 17.5 Å². The molecule has 1 saturated heterocycles. The molecule has 0 spiro atoms. The van der Waals surface area contributed by atoms with Gasteiger partial charge in [-0.15, -0.1) is 11.3 Å². The number of nitrogens with zero attached hydrogens (tertiary/aromatic N) is 1. The monoisotopic (exact) mass is 253 g/mol. The van der Waals surface area contributed by atoms with Crippen LogP contribution in [0, 0.1) is 0 Å². The van der Waals surface area contributed by atoms with Gasteiger partial charge in [-0.1, -0.05) is 6.07 Å². The molecule has 4 nitrogen and oxygen atoms in total. The molecule has 92 valence electrons. The molecule has 2 heterocycles. The summed E-state index contributed by atoms with van der Waals surface area (Å²) < 4.78 is 0. The molecule has 1 amide bonds. The average molecular weight is 253 g/mol. The Morgan fingerprint density at radius 3 is 2.94 bits per heavy atom. The first kappa shape index (κ1) is 12.1. The van der Waals surface area contributed by atoms with Crippen LogP contribution in [-0.2, 0) is 16.0 Å². The molecule has 1 N–H and O–H groups in total. The Kier molecular flexibility index (Phi) is 3.78. The molecule has 1 aromatic heterocycles. The average Bonchev–Trinajstić information content (AvgIpc) is 2.81. The molecule has 5 heteroatoms. The zero-order chi connectivity index (χ0) is 12.3. The van der Waals surface area contributed by atoms with Gasteiger partial charge in [0.15, 0.2) is 0 Å². The lowest BCUT2D eigenvalue weighted by Gasteiger charge is -2.32. The van der Waals surface area contributed by atoms with Gasteiger partial charge in [0.1, 0.15) is 6.04 Å². The van der Waals surface area contributed by atoms with Crippen LogP contribution in [0.1, 0.15) is 24.1 Å². The van der Waals surface area contributed by atoms with Crippen molar-refractivity contribution in [2.75, 3.05) is 6.54 Å². The summed E-state index contributed by atoms with van der Waals surface area (Å²) in [6.07, 6.45) is 2.69. The normalized spacial score (nSPS) is 20.2. The van der Waals surface area contributed by atoms with E-state index in [1.165, 1.54) is 16.2 Å². The van der Waals surface area contributed by atoms with E-state index < -0.39 is 12.0 Å². The lowest BCUT2D eigenvalue weighted by atomic mass is 10.0.